The Labute approximate surface area is 199 Å². The van der Waals surface area contributed by atoms with Crippen LogP contribution in [0, 0.1) is 16.7 Å². The molecule has 1 heterocycles. The van der Waals surface area contributed by atoms with Crippen molar-refractivity contribution in [1.82, 2.24) is 10.1 Å². The predicted molar refractivity (Wildman–Crippen MR) is 125 cm³/mol. The monoisotopic (exact) mass is 516 g/mol. The van der Waals surface area contributed by atoms with E-state index in [0.717, 1.165) is 0 Å². The lowest BCUT2D eigenvalue weighted by Crippen LogP contribution is -2.59. The first-order valence-corrected chi connectivity index (χ1v) is 12.5. The molecule has 170 valence electrons. The molecule has 0 aliphatic carbocycles. The van der Waals surface area contributed by atoms with Crippen molar-refractivity contribution in [2.24, 2.45) is 4.99 Å². The molecule has 0 radical (unpaired) electrons. The molecule has 32 heavy (non-hydrogen) atoms. The number of nitrogens with zero attached hydrogens (tertiary/aromatic N) is 3. The zero-order chi connectivity index (χ0) is 23.4. The molecule has 0 spiro atoms. The standard InChI is InChI=1S/C18H18Cl2N6O4S2/c19-12-2-1-3-13(10-12)23-18(22-11-21)24-15-5-4-14(20)17(16(15)27)32(29,30)25-26(28)6-8-31-9-7-26/h1-5,10,25,27H,6-9H2,(H2,22,23,24). The summed E-state index contributed by atoms with van der Waals surface area (Å²) < 4.78 is 24.7. The quantitative estimate of drug-likeness (QED) is 0.118. The van der Waals surface area contributed by atoms with E-state index in [9.17, 15) is 18.7 Å². The van der Waals surface area contributed by atoms with Crippen molar-refractivity contribution in [2.45, 2.75) is 4.90 Å². The van der Waals surface area contributed by atoms with Gasteiger partial charge in [0, 0.05) is 22.2 Å². The van der Waals surface area contributed by atoms with Gasteiger partial charge in [0.1, 0.15) is 23.7 Å². The van der Waals surface area contributed by atoms with Gasteiger partial charge in [0.2, 0.25) is 5.96 Å². The van der Waals surface area contributed by atoms with Crippen LogP contribution in [-0.2, 0) is 10.0 Å². The number of thioether (sulfide) groups is 1. The van der Waals surface area contributed by atoms with Crippen LogP contribution in [0.1, 0.15) is 0 Å². The molecular weight excluding hydrogens is 499 g/mol. The van der Waals surface area contributed by atoms with Gasteiger partial charge in [0.15, 0.2) is 11.9 Å². The molecule has 0 atom stereocenters. The van der Waals surface area contributed by atoms with Crippen LogP contribution in [-0.4, -0.2) is 48.8 Å². The van der Waals surface area contributed by atoms with Gasteiger partial charge in [0.05, 0.1) is 5.02 Å². The lowest BCUT2D eigenvalue weighted by molar-refractivity contribution is -0.906. The fourth-order valence-electron chi connectivity index (χ4n) is 2.84. The largest absolute Gasteiger partial charge is 0.611 e. The number of phenolic OH excluding ortho intramolecular Hbond substituents is 1. The highest BCUT2D eigenvalue weighted by atomic mass is 35.5. The highest BCUT2D eigenvalue weighted by Gasteiger charge is 2.33. The number of sulfonamides is 1. The van der Waals surface area contributed by atoms with Crippen LogP contribution in [0.5, 0.6) is 5.75 Å². The Bertz CT molecular complexity index is 1180. The molecule has 0 bridgehead atoms. The molecule has 2 aromatic rings. The molecule has 1 aliphatic heterocycles. The van der Waals surface area contributed by atoms with Gasteiger partial charge in [-0.05, 0) is 30.3 Å². The number of guanidine groups is 1. The van der Waals surface area contributed by atoms with E-state index in [1.165, 1.54) is 12.1 Å². The molecule has 0 saturated carbocycles. The third-order valence-corrected chi connectivity index (χ3v) is 7.43. The second-order valence-corrected chi connectivity index (χ2v) is 10.3. The average Bonchev–Trinajstić information content (AvgIpc) is 2.70. The number of hydroxylamine groups is 2. The smallest absolute Gasteiger partial charge is 0.287 e. The predicted octanol–water partition coefficient (Wildman–Crippen LogP) is 3.12. The molecule has 1 aliphatic rings. The van der Waals surface area contributed by atoms with Gasteiger partial charge >= 0.3 is 0 Å². The molecule has 0 unspecified atom stereocenters. The maximum absolute atomic E-state index is 12.9. The lowest BCUT2D eigenvalue weighted by Gasteiger charge is -2.43. The molecular formula is C18H18Cl2N6O4S2. The van der Waals surface area contributed by atoms with Gasteiger partial charge < -0.3 is 15.6 Å². The second kappa shape index (κ2) is 10.1. The number of benzene rings is 2. The molecule has 1 saturated heterocycles. The van der Waals surface area contributed by atoms with Gasteiger partial charge in [-0.1, -0.05) is 34.1 Å². The first-order chi connectivity index (χ1) is 15.1. The first kappa shape index (κ1) is 24.4. The zero-order valence-electron chi connectivity index (χ0n) is 16.4. The van der Waals surface area contributed by atoms with Crippen LogP contribution in [0.15, 0.2) is 46.3 Å². The summed E-state index contributed by atoms with van der Waals surface area (Å²) in [6.45, 7) is 0.0832. The topological polar surface area (TPSA) is 150 Å². The maximum atomic E-state index is 12.9. The summed E-state index contributed by atoms with van der Waals surface area (Å²) in [6.07, 6.45) is 1.70. The van der Waals surface area contributed by atoms with E-state index in [1.54, 1.807) is 42.2 Å². The molecule has 0 aromatic heterocycles. The number of quaternary nitrogens is 1. The number of anilines is 1. The minimum absolute atomic E-state index is 0.0416. The Morgan fingerprint density at radius 1 is 1.25 bits per heavy atom. The summed E-state index contributed by atoms with van der Waals surface area (Å²) in [5.74, 6) is 0.111. The molecule has 1 fully saturated rings. The summed E-state index contributed by atoms with van der Waals surface area (Å²) in [4.78, 5) is 5.49. The van der Waals surface area contributed by atoms with Gasteiger partial charge in [-0.3, -0.25) is 10.1 Å². The molecule has 10 nitrogen and oxygen atoms in total. The fraction of sp³-hybridized carbons (Fsp3) is 0.222. The summed E-state index contributed by atoms with van der Waals surface area (Å²) in [5, 5.41) is 37.7. The van der Waals surface area contributed by atoms with Crippen molar-refractivity contribution in [2.75, 3.05) is 29.9 Å². The van der Waals surface area contributed by atoms with Crippen molar-refractivity contribution in [1.29, 1.82) is 5.26 Å². The Morgan fingerprint density at radius 2 is 1.97 bits per heavy atom. The summed E-state index contributed by atoms with van der Waals surface area (Å²) in [5.41, 5.74) is 0.288. The molecule has 2 aromatic carbocycles. The lowest BCUT2D eigenvalue weighted by atomic mass is 10.3. The van der Waals surface area contributed by atoms with Crippen LogP contribution in [0.25, 0.3) is 0 Å². The normalized spacial score (nSPS) is 16.2. The SMILES string of the molecule is N#CNC(=Nc1ccc(Cl)c(S(=O)(=O)N[N+]2([O-])CCSCC2)c1O)Nc1cccc(Cl)c1. The van der Waals surface area contributed by atoms with Crippen molar-refractivity contribution >= 4 is 62.3 Å². The van der Waals surface area contributed by atoms with E-state index in [-0.39, 0.29) is 29.8 Å². The van der Waals surface area contributed by atoms with Crippen molar-refractivity contribution in [3.05, 3.63) is 51.7 Å². The van der Waals surface area contributed by atoms with Gasteiger partial charge in [0.25, 0.3) is 10.0 Å². The molecule has 0 amide bonds. The average molecular weight is 517 g/mol. The van der Waals surface area contributed by atoms with Crippen LogP contribution >= 0.6 is 35.0 Å². The summed E-state index contributed by atoms with van der Waals surface area (Å²) >= 11 is 13.6. The number of nitriles is 1. The molecule has 4 N–H and O–H groups in total. The van der Waals surface area contributed by atoms with Crippen molar-refractivity contribution < 1.29 is 18.3 Å². The molecule has 3 rings (SSSR count). The minimum Gasteiger partial charge on any atom is -0.611 e. The highest BCUT2D eigenvalue weighted by molar-refractivity contribution is 7.99. The van der Waals surface area contributed by atoms with E-state index in [4.69, 9.17) is 28.5 Å². The second-order valence-electron chi connectivity index (χ2n) is 6.62. The summed E-state index contributed by atoms with van der Waals surface area (Å²) in [7, 11) is -4.49. The Balaban J connectivity index is 1.97. The minimum atomic E-state index is -4.49. The number of nitrogens with one attached hydrogen (secondary N) is 3. The van der Waals surface area contributed by atoms with Crippen LogP contribution in [0.2, 0.25) is 10.0 Å². The zero-order valence-corrected chi connectivity index (χ0v) is 19.5. The van der Waals surface area contributed by atoms with E-state index >= 15 is 0 Å². The van der Waals surface area contributed by atoms with E-state index in [0.29, 0.717) is 22.2 Å². The van der Waals surface area contributed by atoms with Crippen LogP contribution in [0.3, 0.4) is 0 Å². The number of rotatable bonds is 5. The highest BCUT2D eigenvalue weighted by Crippen LogP contribution is 2.39. The number of aliphatic imine (C=N–C) groups is 1. The van der Waals surface area contributed by atoms with Crippen molar-refractivity contribution in [3.8, 4) is 11.9 Å². The first-order valence-electron chi connectivity index (χ1n) is 9.11. The molecule has 14 heteroatoms. The van der Waals surface area contributed by atoms with E-state index in [2.05, 4.69) is 20.5 Å². The van der Waals surface area contributed by atoms with Gasteiger partial charge in [-0.2, -0.15) is 17.0 Å². The maximum Gasteiger partial charge on any atom is 0.287 e. The number of halogens is 2. The number of aromatic hydroxyl groups is 1. The Hall–Kier alpha value is -2.24. The number of phenols is 1. The van der Waals surface area contributed by atoms with Crippen LogP contribution < -0.4 is 15.5 Å². The van der Waals surface area contributed by atoms with Crippen LogP contribution in [0.4, 0.5) is 11.4 Å². The third-order valence-electron chi connectivity index (χ3n) is 4.30. The Morgan fingerprint density at radius 3 is 2.62 bits per heavy atom. The number of hydrogen-bond donors (Lipinski definition) is 4. The fourth-order valence-corrected chi connectivity index (χ4v) is 5.93. The van der Waals surface area contributed by atoms with Crippen molar-refractivity contribution in [3.63, 3.8) is 0 Å². The van der Waals surface area contributed by atoms with Gasteiger partial charge in [-0.25, -0.2) is 13.4 Å². The third kappa shape index (κ3) is 5.96. The van der Waals surface area contributed by atoms with Gasteiger partial charge in [-0.15, -0.1) is 0 Å². The summed E-state index contributed by atoms with van der Waals surface area (Å²) in [6, 6.07) is 9.06. The number of hydrogen-bond acceptors (Lipinski definition) is 7. The Kier molecular flexibility index (Phi) is 7.73. The van der Waals surface area contributed by atoms with E-state index < -0.39 is 25.4 Å². The van der Waals surface area contributed by atoms with E-state index in [1.807, 2.05) is 0 Å².